The van der Waals surface area contributed by atoms with E-state index in [1.807, 2.05) is 31.9 Å². The smallest absolute Gasteiger partial charge is 0.137 e. The fraction of sp³-hybridized carbons (Fsp3) is 0.533. The van der Waals surface area contributed by atoms with Crippen molar-refractivity contribution in [3.8, 4) is 11.8 Å². The summed E-state index contributed by atoms with van der Waals surface area (Å²) in [4.78, 5) is 1.87. The molecule has 0 bridgehead atoms. The molecule has 110 valence electrons. The molecule has 0 aliphatic heterocycles. The van der Waals surface area contributed by atoms with Crippen LogP contribution in [0.2, 0.25) is 0 Å². The summed E-state index contributed by atoms with van der Waals surface area (Å²) in [5.74, 6) is 0.470. The second-order valence-corrected chi connectivity index (χ2v) is 5.42. The number of nitriles is 1. The highest BCUT2D eigenvalue weighted by atomic mass is 16.5. The fourth-order valence-electron chi connectivity index (χ4n) is 1.61. The molecule has 5 heteroatoms. The lowest BCUT2D eigenvalue weighted by molar-refractivity contribution is 0.0193. The third kappa shape index (κ3) is 4.49. The lowest BCUT2D eigenvalue weighted by Gasteiger charge is -2.35. The van der Waals surface area contributed by atoms with Crippen LogP contribution in [0.15, 0.2) is 24.3 Å². The van der Waals surface area contributed by atoms with Gasteiger partial charge in [-0.3, -0.25) is 4.90 Å². The van der Waals surface area contributed by atoms with Gasteiger partial charge in [0.05, 0.1) is 12.2 Å². The van der Waals surface area contributed by atoms with Crippen LogP contribution in [0.5, 0.6) is 5.75 Å². The van der Waals surface area contributed by atoms with Gasteiger partial charge >= 0.3 is 0 Å². The molecule has 1 atom stereocenters. The van der Waals surface area contributed by atoms with E-state index in [0.717, 1.165) is 0 Å². The zero-order valence-corrected chi connectivity index (χ0v) is 12.2. The first-order chi connectivity index (χ1) is 9.40. The highest BCUT2D eigenvalue weighted by molar-refractivity contribution is 5.42. The number of rotatable bonds is 7. The molecule has 0 radical (unpaired) electrons. The van der Waals surface area contributed by atoms with Crippen LogP contribution in [0.25, 0.3) is 0 Å². The molecule has 5 nitrogen and oxygen atoms in total. The van der Waals surface area contributed by atoms with Gasteiger partial charge in [0, 0.05) is 12.1 Å². The minimum atomic E-state index is -0.697. The topological polar surface area (TPSA) is 76.7 Å². The van der Waals surface area contributed by atoms with Gasteiger partial charge in [0.25, 0.3) is 0 Å². The number of hydrogen-bond acceptors (Lipinski definition) is 5. The lowest BCUT2D eigenvalue weighted by Crippen LogP contribution is -2.48. The summed E-state index contributed by atoms with van der Waals surface area (Å²) in [5.41, 5.74) is 0.0506. The molecule has 0 saturated heterocycles. The molecule has 1 unspecified atom stereocenters. The van der Waals surface area contributed by atoms with Crippen molar-refractivity contribution >= 4 is 0 Å². The van der Waals surface area contributed by atoms with Crippen LogP contribution in [-0.4, -0.2) is 53.6 Å². The molecule has 20 heavy (non-hydrogen) atoms. The summed E-state index contributed by atoms with van der Waals surface area (Å²) in [6.45, 7) is 4.28. The van der Waals surface area contributed by atoms with Crippen LogP contribution >= 0.6 is 0 Å². The second kappa shape index (κ2) is 7.25. The van der Waals surface area contributed by atoms with Crippen LogP contribution in [0, 0.1) is 11.3 Å². The molecule has 0 aliphatic carbocycles. The monoisotopic (exact) mass is 278 g/mol. The number of likely N-dealkylation sites (N-methyl/N-ethyl adjacent to an activating group) is 1. The molecule has 0 fully saturated rings. The van der Waals surface area contributed by atoms with Crippen molar-refractivity contribution in [3.63, 3.8) is 0 Å². The summed E-state index contributed by atoms with van der Waals surface area (Å²) in [6, 6.07) is 8.96. The Morgan fingerprint density at radius 3 is 2.65 bits per heavy atom. The van der Waals surface area contributed by atoms with Crippen LogP contribution in [0.4, 0.5) is 0 Å². The molecule has 0 aromatic heterocycles. The molecule has 1 aromatic carbocycles. The van der Waals surface area contributed by atoms with Crippen molar-refractivity contribution in [2.24, 2.45) is 0 Å². The quantitative estimate of drug-likeness (QED) is 0.778. The molecular weight excluding hydrogens is 256 g/mol. The molecule has 0 heterocycles. The Balaban J connectivity index is 2.52. The minimum absolute atomic E-state index is 0.00828. The summed E-state index contributed by atoms with van der Waals surface area (Å²) in [6.07, 6.45) is -0.697. The molecule has 0 amide bonds. The average molecular weight is 278 g/mol. The van der Waals surface area contributed by atoms with E-state index < -0.39 is 11.6 Å². The Kier molecular flexibility index (Phi) is 5.96. The number of aliphatic hydroxyl groups excluding tert-OH is 2. The van der Waals surface area contributed by atoms with E-state index in [1.165, 1.54) is 0 Å². The predicted molar refractivity (Wildman–Crippen MR) is 76.5 cm³/mol. The Hall–Kier alpha value is -1.61. The standard InChI is InChI=1S/C15H22N2O3/c1-15(2,11-18)17(3)9-13(19)10-20-14-7-5-4-6-12(14)8-16/h4-7,13,18-19H,9-11H2,1-3H3. The van der Waals surface area contributed by atoms with Gasteiger partial charge in [-0.1, -0.05) is 12.1 Å². The third-order valence-corrected chi connectivity index (χ3v) is 3.34. The molecule has 0 spiro atoms. The minimum Gasteiger partial charge on any atom is -0.489 e. The van der Waals surface area contributed by atoms with Crippen LogP contribution in [0.3, 0.4) is 0 Å². The van der Waals surface area contributed by atoms with E-state index in [0.29, 0.717) is 17.9 Å². The van der Waals surface area contributed by atoms with Gasteiger partial charge in [0.1, 0.15) is 24.5 Å². The number of nitrogens with zero attached hydrogens (tertiary/aromatic N) is 2. The summed E-state index contributed by atoms with van der Waals surface area (Å²) in [5, 5.41) is 28.2. The van der Waals surface area contributed by atoms with E-state index in [2.05, 4.69) is 0 Å². The van der Waals surface area contributed by atoms with Crippen molar-refractivity contribution in [2.45, 2.75) is 25.5 Å². The highest BCUT2D eigenvalue weighted by Crippen LogP contribution is 2.17. The van der Waals surface area contributed by atoms with E-state index >= 15 is 0 Å². The predicted octanol–water partition coefficient (Wildman–Crippen LogP) is 1.00. The van der Waals surface area contributed by atoms with Gasteiger partial charge in [-0.15, -0.1) is 0 Å². The number of para-hydroxylation sites is 1. The van der Waals surface area contributed by atoms with Crippen LogP contribution < -0.4 is 4.74 Å². The van der Waals surface area contributed by atoms with Crippen LogP contribution in [0.1, 0.15) is 19.4 Å². The largest absolute Gasteiger partial charge is 0.489 e. The van der Waals surface area contributed by atoms with Crippen molar-refractivity contribution < 1.29 is 14.9 Å². The van der Waals surface area contributed by atoms with Crippen molar-refractivity contribution in [1.82, 2.24) is 4.90 Å². The van der Waals surface area contributed by atoms with E-state index in [-0.39, 0.29) is 13.2 Å². The van der Waals surface area contributed by atoms with E-state index in [1.54, 1.807) is 24.3 Å². The average Bonchev–Trinajstić information content (AvgIpc) is 2.45. The number of hydrogen-bond donors (Lipinski definition) is 2. The maximum atomic E-state index is 9.97. The molecular formula is C15H22N2O3. The van der Waals surface area contributed by atoms with Gasteiger partial charge in [0.2, 0.25) is 0 Å². The molecule has 0 saturated carbocycles. The van der Waals surface area contributed by atoms with Gasteiger partial charge in [-0.25, -0.2) is 0 Å². The molecule has 2 N–H and O–H groups in total. The Bertz CT molecular complexity index is 468. The van der Waals surface area contributed by atoms with Gasteiger partial charge in [-0.05, 0) is 33.0 Å². The van der Waals surface area contributed by atoms with Gasteiger partial charge < -0.3 is 14.9 Å². The van der Waals surface area contributed by atoms with Crippen molar-refractivity contribution in [3.05, 3.63) is 29.8 Å². The first-order valence-electron chi connectivity index (χ1n) is 6.53. The number of aliphatic hydroxyl groups is 2. The maximum absolute atomic E-state index is 9.97. The lowest BCUT2D eigenvalue weighted by atomic mass is 10.0. The second-order valence-electron chi connectivity index (χ2n) is 5.42. The van der Waals surface area contributed by atoms with E-state index in [9.17, 15) is 10.2 Å². The first-order valence-corrected chi connectivity index (χ1v) is 6.53. The molecule has 0 aliphatic rings. The highest BCUT2D eigenvalue weighted by Gasteiger charge is 2.24. The zero-order chi connectivity index (χ0) is 15.2. The van der Waals surface area contributed by atoms with Crippen molar-refractivity contribution in [2.75, 3.05) is 26.8 Å². The number of ether oxygens (including phenoxy) is 1. The van der Waals surface area contributed by atoms with Gasteiger partial charge in [0.15, 0.2) is 0 Å². The van der Waals surface area contributed by atoms with Gasteiger partial charge in [-0.2, -0.15) is 5.26 Å². The van der Waals surface area contributed by atoms with E-state index in [4.69, 9.17) is 10.00 Å². The third-order valence-electron chi connectivity index (χ3n) is 3.34. The van der Waals surface area contributed by atoms with Crippen molar-refractivity contribution in [1.29, 1.82) is 5.26 Å². The van der Waals surface area contributed by atoms with Crippen LogP contribution in [-0.2, 0) is 0 Å². The summed E-state index contributed by atoms with van der Waals surface area (Å²) in [7, 11) is 1.84. The summed E-state index contributed by atoms with van der Waals surface area (Å²) < 4.78 is 5.48. The number of β-amino-alcohol motifs (C(OH)–C–C–N with tert-alkyl or cyclic N) is 1. The Labute approximate surface area is 120 Å². The zero-order valence-electron chi connectivity index (χ0n) is 12.2. The maximum Gasteiger partial charge on any atom is 0.137 e. The Morgan fingerprint density at radius 1 is 1.40 bits per heavy atom. The normalized spacial score (nSPS) is 13.1. The fourth-order valence-corrected chi connectivity index (χ4v) is 1.61. The number of benzene rings is 1. The Morgan fingerprint density at radius 2 is 2.05 bits per heavy atom. The SMILES string of the molecule is CN(CC(O)COc1ccccc1C#N)C(C)(C)CO. The molecule has 1 rings (SSSR count). The summed E-state index contributed by atoms with van der Waals surface area (Å²) >= 11 is 0. The first kappa shape index (κ1) is 16.4. The molecule has 1 aromatic rings.